The largest absolute Gasteiger partial charge is 0.480 e. The maximum absolute atomic E-state index is 11.7. The van der Waals surface area contributed by atoms with Crippen molar-refractivity contribution in [2.45, 2.75) is 12.8 Å². The minimum Gasteiger partial charge on any atom is -0.480 e. The first-order valence-corrected chi connectivity index (χ1v) is 5.29. The van der Waals surface area contributed by atoms with Gasteiger partial charge in [-0.2, -0.15) is 0 Å². The summed E-state index contributed by atoms with van der Waals surface area (Å²) in [6.07, 6.45) is 1.90. The maximum Gasteiger partial charge on any atom is 0.323 e. The molecule has 18 heavy (non-hydrogen) atoms. The van der Waals surface area contributed by atoms with E-state index in [2.05, 4.69) is 0 Å². The summed E-state index contributed by atoms with van der Waals surface area (Å²) in [5, 5.41) is 8.63. The number of furan rings is 1. The van der Waals surface area contributed by atoms with Crippen LogP contribution < -0.4 is 5.73 Å². The Kier molecular flexibility index (Phi) is 4.91. The van der Waals surface area contributed by atoms with Crippen LogP contribution in [-0.2, 0) is 20.8 Å². The molecule has 0 radical (unpaired) electrons. The molecule has 3 N–H and O–H groups in total. The topological polar surface area (TPSA) is 114 Å². The molecule has 7 nitrogen and oxygen atoms in total. The van der Waals surface area contributed by atoms with Crippen molar-refractivity contribution in [1.29, 1.82) is 0 Å². The molecule has 0 unspecified atom stereocenters. The minimum absolute atomic E-state index is 0.0636. The molecule has 0 fully saturated rings. The molecule has 98 valence electrons. The lowest BCUT2D eigenvalue weighted by molar-refractivity contribution is -0.145. The molecule has 1 aromatic heterocycles. The number of amides is 2. The third-order valence-corrected chi connectivity index (χ3v) is 2.19. The molecule has 0 spiro atoms. The van der Waals surface area contributed by atoms with Gasteiger partial charge in [0, 0.05) is 12.8 Å². The Bertz CT molecular complexity index is 411. The van der Waals surface area contributed by atoms with Gasteiger partial charge in [0.25, 0.3) is 0 Å². The number of nitrogens with two attached hydrogens (primary N) is 1. The van der Waals surface area contributed by atoms with Gasteiger partial charge in [-0.3, -0.25) is 14.4 Å². The summed E-state index contributed by atoms with van der Waals surface area (Å²) in [5.74, 6) is -1.77. The number of hydrogen-bond donors (Lipinski definition) is 2. The molecule has 2 amide bonds. The number of aliphatic carboxylic acids is 1. The number of carbonyl (C=O) groups is 3. The van der Waals surface area contributed by atoms with Gasteiger partial charge in [-0.25, -0.2) is 0 Å². The molecule has 0 aliphatic carbocycles. The second kappa shape index (κ2) is 6.43. The van der Waals surface area contributed by atoms with Gasteiger partial charge in [0.2, 0.25) is 11.8 Å². The van der Waals surface area contributed by atoms with Crippen molar-refractivity contribution in [3.63, 3.8) is 0 Å². The highest BCUT2D eigenvalue weighted by molar-refractivity contribution is 5.86. The monoisotopic (exact) mass is 254 g/mol. The summed E-state index contributed by atoms with van der Waals surface area (Å²) in [6, 6.07) is 3.40. The molecular weight excluding hydrogens is 240 g/mol. The number of rotatable bonds is 7. The van der Waals surface area contributed by atoms with Crippen molar-refractivity contribution in [2.24, 2.45) is 5.73 Å². The van der Waals surface area contributed by atoms with Gasteiger partial charge in [-0.15, -0.1) is 0 Å². The Balaban J connectivity index is 2.52. The molecule has 0 bridgehead atoms. The molecule has 0 saturated carbocycles. The van der Waals surface area contributed by atoms with Crippen LogP contribution in [0.3, 0.4) is 0 Å². The lowest BCUT2D eigenvalue weighted by Crippen LogP contribution is -2.41. The summed E-state index contributed by atoms with van der Waals surface area (Å²) in [4.78, 5) is 33.9. The molecule has 0 atom stereocenters. The molecular formula is C11H14N2O5. The summed E-state index contributed by atoms with van der Waals surface area (Å²) < 4.78 is 5.05. The van der Waals surface area contributed by atoms with E-state index >= 15 is 0 Å². The summed E-state index contributed by atoms with van der Waals surface area (Å²) in [7, 11) is 0. The highest BCUT2D eigenvalue weighted by Crippen LogP contribution is 2.05. The normalized spacial score (nSPS) is 10.0. The van der Waals surface area contributed by atoms with E-state index in [1.807, 2.05) is 0 Å². The minimum atomic E-state index is -1.19. The standard InChI is InChI=1S/C11H14N2O5/c12-9(14)6-13(7-11(16)17)10(15)4-3-8-2-1-5-18-8/h1-2,5H,3-4,6-7H2,(H2,12,14)(H,16,17). The third kappa shape index (κ3) is 4.69. The summed E-state index contributed by atoms with van der Waals surface area (Å²) in [6.45, 7) is -0.941. The van der Waals surface area contributed by atoms with Gasteiger partial charge in [0.05, 0.1) is 12.8 Å². The van der Waals surface area contributed by atoms with Crippen LogP contribution in [-0.4, -0.2) is 40.9 Å². The quantitative estimate of drug-likeness (QED) is 0.687. The Morgan fingerprint density at radius 1 is 1.33 bits per heavy atom. The molecule has 1 heterocycles. The maximum atomic E-state index is 11.7. The van der Waals surface area contributed by atoms with Gasteiger partial charge in [-0.05, 0) is 12.1 Å². The zero-order valence-electron chi connectivity index (χ0n) is 9.67. The molecule has 0 saturated heterocycles. The zero-order chi connectivity index (χ0) is 13.5. The molecule has 0 aliphatic heterocycles. The van der Waals surface area contributed by atoms with E-state index in [9.17, 15) is 14.4 Å². The Morgan fingerprint density at radius 2 is 2.06 bits per heavy atom. The first-order valence-electron chi connectivity index (χ1n) is 5.29. The van der Waals surface area contributed by atoms with Gasteiger partial charge >= 0.3 is 5.97 Å². The Hall–Kier alpha value is -2.31. The van der Waals surface area contributed by atoms with E-state index < -0.39 is 30.9 Å². The van der Waals surface area contributed by atoms with Crippen LogP contribution in [0.25, 0.3) is 0 Å². The predicted molar refractivity (Wildman–Crippen MR) is 60.4 cm³/mol. The van der Waals surface area contributed by atoms with Gasteiger partial charge < -0.3 is 20.2 Å². The van der Waals surface area contributed by atoms with Crippen molar-refractivity contribution in [1.82, 2.24) is 4.90 Å². The van der Waals surface area contributed by atoms with Crippen molar-refractivity contribution in [3.05, 3.63) is 24.2 Å². The lowest BCUT2D eigenvalue weighted by atomic mass is 10.2. The second-order valence-electron chi connectivity index (χ2n) is 3.69. The summed E-state index contributed by atoms with van der Waals surface area (Å²) in [5.41, 5.74) is 4.95. The highest BCUT2D eigenvalue weighted by atomic mass is 16.4. The van der Waals surface area contributed by atoms with Gasteiger partial charge in [0.1, 0.15) is 12.3 Å². The van der Waals surface area contributed by atoms with E-state index in [1.54, 1.807) is 12.1 Å². The number of aryl methyl sites for hydroxylation is 1. The number of primary amides is 1. The van der Waals surface area contributed by atoms with E-state index in [4.69, 9.17) is 15.3 Å². The SMILES string of the molecule is NC(=O)CN(CC(=O)O)C(=O)CCc1ccco1. The van der Waals surface area contributed by atoms with Crippen molar-refractivity contribution in [3.8, 4) is 0 Å². The fraction of sp³-hybridized carbons (Fsp3) is 0.364. The van der Waals surface area contributed by atoms with Crippen molar-refractivity contribution in [2.75, 3.05) is 13.1 Å². The molecule has 7 heteroatoms. The van der Waals surface area contributed by atoms with Crippen LogP contribution in [0.4, 0.5) is 0 Å². The fourth-order valence-electron chi connectivity index (χ4n) is 1.43. The van der Waals surface area contributed by atoms with Gasteiger partial charge in [0.15, 0.2) is 0 Å². The number of carboxylic acid groups (broad SMARTS) is 1. The average Bonchev–Trinajstić information content (AvgIpc) is 2.76. The Morgan fingerprint density at radius 3 is 2.56 bits per heavy atom. The smallest absolute Gasteiger partial charge is 0.323 e. The van der Waals surface area contributed by atoms with Crippen LogP contribution in [0.2, 0.25) is 0 Å². The second-order valence-corrected chi connectivity index (χ2v) is 3.69. The Labute approximate surface area is 103 Å². The number of nitrogens with zero attached hydrogens (tertiary/aromatic N) is 1. The molecule has 1 aromatic rings. The van der Waals surface area contributed by atoms with E-state index in [1.165, 1.54) is 6.26 Å². The van der Waals surface area contributed by atoms with Crippen LogP contribution >= 0.6 is 0 Å². The zero-order valence-corrected chi connectivity index (χ0v) is 9.67. The molecule has 1 rings (SSSR count). The number of carboxylic acids is 1. The molecule has 0 aromatic carbocycles. The van der Waals surface area contributed by atoms with E-state index in [0.717, 1.165) is 4.90 Å². The van der Waals surface area contributed by atoms with Crippen molar-refractivity contribution >= 4 is 17.8 Å². The fourth-order valence-corrected chi connectivity index (χ4v) is 1.43. The van der Waals surface area contributed by atoms with Crippen LogP contribution in [0.15, 0.2) is 22.8 Å². The first kappa shape index (κ1) is 13.8. The van der Waals surface area contributed by atoms with Crippen molar-refractivity contribution < 1.29 is 23.9 Å². The average molecular weight is 254 g/mol. The van der Waals surface area contributed by atoms with Gasteiger partial charge in [-0.1, -0.05) is 0 Å². The van der Waals surface area contributed by atoms with Crippen LogP contribution in [0.5, 0.6) is 0 Å². The first-order chi connectivity index (χ1) is 8.49. The highest BCUT2D eigenvalue weighted by Gasteiger charge is 2.18. The summed E-state index contributed by atoms with van der Waals surface area (Å²) >= 11 is 0. The van der Waals surface area contributed by atoms with E-state index in [-0.39, 0.29) is 6.42 Å². The van der Waals surface area contributed by atoms with Crippen LogP contribution in [0, 0.1) is 0 Å². The third-order valence-electron chi connectivity index (χ3n) is 2.19. The number of carbonyl (C=O) groups excluding carboxylic acids is 2. The lowest BCUT2D eigenvalue weighted by Gasteiger charge is -2.18. The van der Waals surface area contributed by atoms with Crippen LogP contribution in [0.1, 0.15) is 12.2 Å². The number of hydrogen-bond acceptors (Lipinski definition) is 4. The van der Waals surface area contributed by atoms with E-state index in [0.29, 0.717) is 12.2 Å². The predicted octanol–water partition coefficient (Wildman–Crippen LogP) is -0.389. The molecule has 0 aliphatic rings.